The average Bonchev–Trinajstić information content (AvgIpc) is 2.75. The van der Waals surface area contributed by atoms with E-state index in [0.717, 1.165) is 22.0 Å². The molecule has 0 aliphatic carbocycles. The molecule has 0 saturated carbocycles. The molecule has 16 heavy (non-hydrogen) atoms. The molecule has 2 rings (SSSR count). The van der Waals surface area contributed by atoms with E-state index in [4.69, 9.17) is 0 Å². The molecule has 2 aromatic heterocycles. The Labute approximate surface area is 103 Å². The van der Waals surface area contributed by atoms with Crippen molar-refractivity contribution in [3.8, 4) is 11.3 Å². The van der Waals surface area contributed by atoms with Crippen LogP contribution in [0.25, 0.3) is 11.3 Å². The highest BCUT2D eigenvalue weighted by Crippen LogP contribution is 2.29. The Bertz CT molecular complexity index is 441. The number of hydrogen-bond donors (Lipinski definition) is 0. The van der Waals surface area contributed by atoms with E-state index in [0.29, 0.717) is 5.92 Å². The summed E-state index contributed by atoms with van der Waals surface area (Å²) in [5, 5.41) is 0.980. The third-order valence-electron chi connectivity index (χ3n) is 1.85. The van der Waals surface area contributed by atoms with Gasteiger partial charge in [-0.2, -0.15) is 8.75 Å². The van der Waals surface area contributed by atoms with Crippen molar-refractivity contribution >= 4 is 23.5 Å². The van der Waals surface area contributed by atoms with Gasteiger partial charge in [0.2, 0.25) is 0 Å². The fraction of sp³-hybridized carbons (Fsp3) is 0.400. The number of nitrogens with zero attached hydrogens (tertiary/aromatic N) is 4. The molecule has 0 aromatic carbocycles. The lowest BCUT2D eigenvalue weighted by Gasteiger charge is -2.02. The zero-order valence-corrected chi connectivity index (χ0v) is 10.8. The molecule has 0 radical (unpaired) electrons. The van der Waals surface area contributed by atoms with E-state index in [1.54, 1.807) is 24.2 Å². The summed E-state index contributed by atoms with van der Waals surface area (Å²) in [4.78, 5) is 7.99. The van der Waals surface area contributed by atoms with Crippen molar-refractivity contribution in [2.45, 2.75) is 18.9 Å². The van der Waals surface area contributed by atoms with E-state index in [-0.39, 0.29) is 0 Å². The summed E-state index contributed by atoms with van der Waals surface area (Å²) in [5.74, 6) is 1.69. The molecule has 0 bridgehead atoms. The third-order valence-corrected chi connectivity index (χ3v) is 3.88. The van der Waals surface area contributed by atoms with Gasteiger partial charge in [0.15, 0.2) is 0 Å². The van der Waals surface area contributed by atoms with Gasteiger partial charge in [0, 0.05) is 23.7 Å². The first kappa shape index (κ1) is 11.5. The van der Waals surface area contributed by atoms with E-state index in [1.807, 2.05) is 0 Å². The molecule has 0 N–H and O–H groups in total. The maximum absolute atomic E-state index is 4.30. The molecule has 2 heterocycles. The van der Waals surface area contributed by atoms with Gasteiger partial charge >= 0.3 is 0 Å². The lowest BCUT2D eigenvalue weighted by molar-refractivity contribution is 0.750. The SMILES string of the molecule is CC(C)CSc1nsnc1-c1cncnc1. The Balaban J connectivity index is 2.19. The van der Waals surface area contributed by atoms with Crippen molar-refractivity contribution in [1.29, 1.82) is 0 Å². The van der Waals surface area contributed by atoms with Gasteiger partial charge in [-0.1, -0.05) is 13.8 Å². The van der Waals surface area contributed by atoms with Crippen molar-refractivity contribution in [3.05, 3.63) is 18.7 Å². The monoisotopic (exact) mass is 252 g/mol. The first-order chi connectivity index (χ1) is 7.77. The minimum absolute atomic E-state index is 0.645. The molecule has 4 nitrogen and oxygen atoms in total. The Morgan fingerprint density at radius 2 is 2.00 bits per heavy atom. The van der Waals surface area contributed by atoms with Crippen molar-refractivity contribution in [2.24, 2.45) is 5.92 Å². The number of hydrogen-bond acceptors (Lipinski definition) is 6. The van der Waals surface area contributed by atoms with Crippen LogP contribution in [0, 0.1) is 5.92 Å². The standard InChI is InChI=1S/C10H12N4S2/c1-7(2)5-15-10-9(13-16-14-10)8-3-11-6-12-4-8/h3-4,6-7H,5H2,1-2H3. The maximum atomic E-state index is 4.30. The normalized spacial score (nSPS) is 10.9. The highest BCUT2D eigenvalue weighted by atomic mass is 32.2. The first-order valence-electron chi connectivity index (χ1n) is 4.98. The molecule has 0 amide bonds. The van der Waals surface area contributed by atoms with Gasteiger partial charge in [0.25, 0.3) is 0 Å². The van der Waals surface area contributed by atoms with Crippen molar-refractivity contribution in [1.82, 2.24) is 18.7 Å². The quantitative estimate of drug-likeness (QED) is 0.783. The van der Waals surface area contributed by atoms with E-state index >= 15 is 0 Å². The van der Waals surface area contributed by atoms with Gasteiger partial charge in [0.1, 0.15) is 17.0 Å². The van der Waals surface area contributed by atoms with Crippen molar-refractivity contribution in [3.63, 3.8) is 0 Å². The fourth-order valence-corrected chi connectivity index (χ4v) is 2.75. The highest BCUT2D eigenvalue weighted by Gasteiger charge is 2.11. The highest BCUT2D eigenvalue weighted by molar-refractivity contribution is 7.99. The Morgan fingerprint density at radius 1 is 1.25 bits per heavy atom. The van der Waals surface area contributed by atoms with E-state index in [9.17, 15) is 0 Å². The van der Waals surface area contributed by atoms with Crippen LogP contribution in [0.4, 0.5) is 0 Å². The summed E-state index contributed by atoms with van der Waals surface area (Å²) in [5.41, 5.74) is 1.83. The molecule has 0 unspecified atom stereocenters. The van der Waals surface area contributed by atoms with Crippen LogP contribution in [-0.4, -0.2) is 24.5 Å². The van der Waals surface area contributed by atoms with Crippen LogP contribution in [0.2, 0.25) is 0 Å². The number of rotatable bonds is 4. The minimum atomic E-state index is 0.645. The zero-order valence-electron chi connectivity index (χ0n) is 9.12. The second-order valence-electron chi connectivity index (χ2n) is 3.75. The number of thioether (sulfide) groups is 1. The van der Waals surface area contributed by atoms with Crippen LogP contribution in [0.1, 0.15) is 13.8 Å². The molecule has 0 aliphatic heterocycles. The van der Waals surface area contributed by atoms with Crippen LogP contribution in [-0.2, 0) is 0 Å². The molecule has 0 saturated heterocycles. The second-order valence-corrected chi connectivity index (χ2v) is 5.29. The second kappa shape index (κ2) is 5.36. The molecule has 2 aromatic rings. The lowest BCUT2D eigenvalue weighted by Crippen LogP contribution is -1.91. The average molecular weight is 252 g/mol. The molecular formula is C10H12N4S2. The number of aromatic nitrogens is 4. The first-order valence-corrected chi connectivity index (χ1v) is 6.69. The van der Waals surface area contributed by atoms with Crippen LogP contribution < -0.4 is 0 Å². The molecule has 6 heteroatoms. The lowest BCUT2D eigenvalue weighted by atomic mass is 10.3. The summed E-state index contributed by atoms with van der Waals surface area (Å²) in [6.45, 7) is 4.39. The van der Waals surface area contributed by atoms with Gasteiger partial charge in [0.05, 0.1) is 11.7 Å². The minimum Gasteiger partial charge on any atom is -0.244 e. The Hall–Kier alpha value is -1.01. The summed E-state index contributed by atoms with van der Waals surface area (Å²) in [7, 11) is 0. The summed E-state index contributed by atoms with van der Waals surface area (Å²) in [6.07, 6.45) is 5.05. The van der Waals surface area contributed by atoms with Gasteiger partial charge in [-0.3, -0.25) is 0 Å². The Kier molecular flexibility index (Phi) is 3.84. The molecule has 84 valence electrons. The smallest absolute Gasteiger partial charge is 0.138 e. The molecular weight excluding hydrogens is 240 g/mol. The van der Waals surface area contributed by atoms with E-state index in [2.05, 4.69) is 32.6 Å². The third kappa shape index (κ3) is 2.76. The summed E-state index contributed by atoms with van der Waals surface area (Å²) < 4.78 is 8.60. The van der Waals surface area contributed by atoms with Crippen LogP contribution in [0.3, 0.4) is 0 Å². The topological polar surface area (TPSA) is 51.6 Å². The van der Waals surface area contributed by atoms with Crippen molar-refractivity contribution < 1.29 is 0 Å². The molecule has 0 atom stereocenters. The largest absolute Gasteiger partial charge is 0.244 e. The molecule has 0 aliphatic rings. The summed E-state index contributed by atoms with van der Waals surface area (Å²) in [6, 6.07) is 0. The van der Waals surface area contributed by atoms with Gasteiger partial charge in [-0.25, -0.2) is 9.97 Å². The summed E-state index contributed by atoms with van der Waals surface area (Å²) >= 11 is 2.97. The van der Waals surface area contributed by atoms with Gasteiger partial charge in [-0.05, 0) is 5.92 Å². The zero-order chi connectivity index (χ0) is 11.4. The molecule has 0 spiro atoms. The van der Waals surface area contributed by atoms with Crippen molar-refractivity contribution in [2.75, 3.05) is 5.75 Å². The van der Waals surface area contributed by atoms with E-state index in [1.165, 1.54) is 18.1 Å². The predicted molar refractivity (Wildman–Crippen MR) is 66.5 cm³/mol. The molecule has 0 fully saturated rings. The van der Waals surface area contributed by atoms with Crippen LogP contribution in [0.5, 0.6) is 0 Å². The van der Waals surface area contributed by atoms with Crippen LogP contribution >= 0.6 is 23.5 Å². The Morgan fingerprint density at radius 3 is 2.69 bits per heavy atom. The van der Waals surface area contributed by atoms with Gasteiger partial charge < -0.3 is 0 Å². The maximum Gasteiger partial charge on any atom is 0.138 e. The van der Waals surface area contributed by atoms with E-state index < -0.39 is 0 Å². The predicted octanol–water partition coefficient (Wildman–Crippen LogP) is 2.74. The van der Waals surface area contributed by atoms with Crippen LogP contribution in [0.15, 0.2) is 23.7 Å². The van der Waals surface area contributed by atoms with Gasteiger partial charge in [-0.15, -0.1) is 11.8 Å². The fourth-order valence-electron chi connectivity index (χ4n) is 1.12.